The van der Waals surface area contributed by atoms with Crippen LogP contribution in [0.1, 0.15) is 18.4 Å². The van der Waals surface area contributed by atoms with Crippen LogP contribution < -0.4 is 5.32 Å². The van der Waals surface area contributed by atoms with E-state index in [0.717, 1.165) is 18.4 Å². The van der Waals surface area contributed by atoms with Crippen LogP contribution in [0.15, 0.2) is 30.3 Å². The van der Waals surface area contributed by atoms with E-state index >= 15 is 0 Å². The molecule has 1 saturated carbocycles. The van der Waals surface area contributed by atoms with Crippen molar-refractivity contribution in [3.63, 3.8) is 0 Å². The van der Waals surface area contributed by atoms with E-state index in [1.807, 2.05) is 30.3 Å². The van der Waals surface area contributed by atoms with Crippen LogP contribution in [0.5, 0.6) is 0 Å². The van der Waals surface area contributed by atoms with Crippen LogP contribution in [0.4, 0.5) is 0 Å². The van der Waals surface area contributed by atoms with E-state index in [1.54, 1.807) is 0 Å². The third-order valence-electron chi connectivity index (χ3n) is 3.25. The molecule has 3 N–H and O–H groups in total. The first-order valence-electron chi connectivity index (χ1n) is 5.81. The van der Waals surface area contributed by atoms with Gasteiger partial charge >= 0.3 is 5.97 Å². The molecule has 0 heterocycles. The predicted octanol–water partition coefficient (Wildman–Crippen LogP) is 0.280. The fourth-order valence-corrected chi connectivity index (χ4v) is 1.97. The van der Waals surface area contributed by atoms with Gasteiger partial charge in [-0.05, 0) is 18.4 Å². The van der Waals surface area contributed by atoms with Gasteiger partial charge in [0.25, 0.3) is 0 Å². The van der Waals surface area contributed by atoms with E-state index in [4.69, 9.17) is 10.2 Å². The fourth-order valence-electron chi connectivity index (χ4n) is 1.97. The van der Waals surface area contributed by atoms with E-state index in [1.165, 1.54) is 0 Å². The Labute approximate surface area is 104 Å². The van der Waals surface area contributed by atoms with E-state index in [0.29, 0.717) is 0 Å². The number of aliphatic hydroxyl groups is 1. The van der Waals surface area contributed by atoms with Crippen molar-refractivity contribution < 1.29 is 19.8 Å². The Morgan fingerprint density at radius 1 is 1.28 bits per heavy atom. The summed E-state index contributed by atoms with van der Waals surface area (Å²) in [5.74, 6) is -1.55. The average Bonchev–Trinajstić information content (AvgIpc) is 3.18. The fraction of sp³-hybridized carbons (Fsp3) is 0.385. The number of carboxylic acids is 1. The highest BCUT2D eigenvalue weighted by Crippen LogP contribution is 2.48. The topological polar surface area (TPSA) is 86.6 Å². The normalized spacial score (nSPS) is 17.8. The van der Waals surface area contributed by atoms with Crippen LogP contribution >= 0.6 is 0 Å². The standard InChI is InChI=1S/C13H15NO4/c15-10(11(16)17)8-14-12(18)13(6-7-13)9-4-2-1-3-5-9/h1-5,10,15H,6-8H2,(H,14,18)(H,16,17). The molecule has 1 aromatic carbocycles. The molecule has 1 atom stereocenters. The smallest absolute Gasteiger partial charge is 0.334 e. The Kier molecular flexibility index (Phi) is 3.34. The molecule has 5 nitrogen and oxygen atoms in total. The van der Waals surface area contributed by atoms with Gasteiger partial charge in [0.2, 0.25) is 5.91 Å². The zero-order valence-corrected chi connectivity index (χ0v) is 9.80. The van der Waals surface area contributed by atoms with Crippen molar-refractivity contribution in [3.8, 4) is 0 Å². The van der Waals surface area contributed by atoms with Crippen LogP contribution in [-0.2, 0) is 15.0 Å². The van der Waals surface area contributed by atoms with Crippen LogP contribution in [0.2, 0.25) is 0 Å². The molecule has 0 spiro atoms. The molecule has 0 saturated heterocycles. The van der Waals surface area contributed by atoms with Crippen LogP contribution in [0.3, 0.4) is 0 Å². The highest BCUT2D eigenvalue weighted by Gasteiger charge is 2.51. The molecule has 18 heavy (non-hydrogen) atoms. The Hall–Kier alpha value is -1.88. The van der Waals surface area contributed by atoms with Gasteiger partial charge < -0.3 is 15.5 Å². The second-order valence-corrected chi connectivity index (χ2v) is 4.51. The Morgan fingerprint density at radius 3 is 2.39 bits per heavy atom. The summed E-state index contributed by atoms with van der Waals surface area (Å²) in [5.41, 5.74) is 0.409. The molecule has 1 fully saturated rings. The third kappa shape index (κ3) is 2.36. The minimum atomic E-state index is -1.56. The van der Waals surface area contributed by atoms with Crippen molar-refractivity contribution in [3.05, 3.63) is 35.9 Å². The quantitative estimate of drug-likeness (QED) is 0.699. The summed E-state index contributed by atoms with van der Waals surface area (Å²) in [5, 5.41) is 20.1. The molecule has 2 rings (SSSR count). The lowest BCUT2D eigenvalue weighted by Gasteiger charge is -2.16. The number of hydrogen-bond donors (Lipinski definition) is 3. The first kappa shape index (κ1) is 12.6. The molecular weight excluding hydrogens is 234 g/mol. The molecule has 96 valence electrons. The molecule has 0 radical (unpaired) electrons. The molecule has 5 heteroatoms. The Bertz CT molecular complexity index is 453. The molecule has 1 unspecified atom stereocenters. The number of hydrogen-bond acceptors (Lipinski definition) is 3. The van der Waals surface area contributed by atoms with Crippen molar-refractivity contribution in [2.24, 2.45) is 0 Å². The third-order valence-corrected chi connectivity index (χ3v) is 3.25. The van der Waals surface area contributed by atoms with Gasteiger partial charge in [0.15, 0.2) is 6.10 Å². The maximum Gasteiger partial charge on any atom is 0.334 e. The molecular formula is C13H15NO4. The summed E-state index contributed by atoms with van der Waals surface area (Å²) in [7, 11) is 0. The predicted molar refractivity (Wildman–Crippen MR) is 64.0 cm³/mol. The zero-order chi connectivity index (χ0) is 13.2. The van der Waals surface area contributed by atoms with Crippen molar-refractivity contribution in [1.82, 2.24) is 5.32 Å². The van der Waals surface area contributed by atoms with Gasteiger partial charge in [-0.15, -0.1) is 0 Å². The molecule has 0 bridgehead atoms. The zero-order valence-electron chi connectivity index (χ0n) is 9.80. The summed E-state index contributed by atoms with van der Waals surface area (Å²) in [4.78, 5) is 22.5. The number of carboxylic acid groups (broad SMARTS) is 1. The van der Waals surface area contributed by atoms with Gasteiger partial charge in [-0.25, -0.2) is 4.79 Å². The summed E-state index contributed by atoms with van der Waals surface area (Å²) < 4.78 is 0. The van der Waals surface area contributed by atoms with Crippen molar-refractivity contribution in [2.45, 2.75) is 24.4 Å². The molecule has 1 aromatic rings. The van der Waals surface area contributed by atoms with Gasteiger partial charge in [0.05, 0.1) is 12.0 Å². The molecule has 0 aliphatic heterocycles. The van der Waals surface area contributed by atoms with Gasteiger partial charge in [-0.2, -0.15) is 0 Å². The largest absolute Gasteiger partial charge is 0.479 e. The number of aliphatic carboxylic acids is 1. The summed E-state index contributed by atoms with van der Waals surface area (Å²) >= 11 is 0. The molecule has 0 aromatic heterocycles. The first-order chi connectivity index (χ1) is 8.56. The number of carbonyl (C=O) groups is 2. The average molecular weight is 249 g/mol. The Morgan fingerprint density at radius 2 is 1.89 bits per heavy atom. The molecule has 1 aliphatic rings. The van der Waals surface area contributed by atoms with Crippen molar-refractivity contribution >= 4 is 11.9 Å². The highest BCUT2D eigenvalue weighted by molar-refractivity contribution is 5.91. The van der Waals surface area contributed by atoms with Gasteiger partial charge in [0.1, 0.15) is 0 Å². The van der Waals surface area contributed by atoms with Gasteiger partial charge in [-0.1, -0.05) is 30.3 Å². The number of aliphatic hydroxyl groups excluding tert-OH is 1. The highest BCUT2D eigenvalue weighted by atomic mass is 16.4. The van der Waals surface area contributed by atoms with Crippen LogP contribution in [-0.4, -0.2) is 34.7 Å². The number of nitrogens with one attached hydrogen (secondary N) is 1. The first-order valence-corrected chi connectivity index (χ1v) is 5.81. The van der Waals surface area contributed by atoms with E-state index in [-0.39, 0.29) is 12.5 Å². The number of carbonyl (C=O) groups excluding carboxylic acids is 1. The summed E-state index contributed by atoms with van der Waals surface area (Å²) in [6.07, 6.45) is -0.0431. The number of rotatable bonds is 5. The second kappa shape index (κ2) is 4.78. The molecule has 1 amide bonds. The maximum absolute atomic E-state index is 12.0. The molecule has 1 aliphatic carbocycles. The van der Waals surface area contributed by atoms with E-state index < -0.39 is 17.5 Å². The lowest BCUT2D eigenvalue weighted by atomic mass is 9.95. The summed E-state index contributed by atoms with van der Waals surface area (Å²) in [6.45, 7) is -0.261. The lowest BCUT2D eigenvalue weighted by Crippen LogP contribution is -2.41. The van der Waals surface area contributed by atoms with Crippen molar-refractivity contribution in [2.75, 3.05) is 6.54 Å². The van der Waals surface area contributed by atoms with Crippen LogP contribution in [0, 0.1) is 0 Å². The Balaban J connectivity index is 2.00. The minimum absolute atomic E-state index is 0.214. The van der Waals surface area contributed by atoms with E-state index in [9.17, 15) is 9.59 Å². The number of benzene rings is 1. The maximum atomic E-state index is 12.0. The van der Waals surface area contributed by atoms with E-state index in [2.05, 4.69) is 5.32 Å². The van der Waals surface area contributed by atoms with Gasteiger partial charge in [-0.3, -0.25) is 4.79 Å². The van der Waals surface area contributed by atoms with Crippen LogP contribution in [0.25, 0.3) is 0 Å². The number of amides is 1. The second-order valence-electron chi connectivity index (χ2n) is 4.51. The van der Waals surface area contributed by atoms with Crippen molar-refractivity contribution in [1.29, 1.82) is 0 Å². The minimum Gasteiger partial charge on any atom is -0.479 e. The summed E-state index contributed by atoms with van der Waals surface area (Å²) in [6, 6.07) is 9.40. The monoisotopic (exact) mass is 249 g/mol. The SMILES string of the molecule is O=C(O)C(O)CNC(=O)C1(c2ccccc2)CC1. The lowest BCUT2D eigenvalue weighted by molar-refractivity contribution is -0.146. The van der Waals surface area contributed by atoms with Gasteiger partial charge in [0, 0.05) is 0 Å².